The van der Waals surface area contributed by atoms with Gasteiger partial charge >= 0.3 is 6.09 Å². The first-order valence-corrected chi connectivity index (χ1v) is 7.65. The molecule has 21 heavy (non-hydrogen) atoms. The lowest BCUT2D eigenvalue weighted by Gasteiger charge is -2.28. The molecule has 0 atom stereocenters. The van der Waals surface area contributed by atoms with Crippen LogP contribution < -0.4 is 5.73 Å². The van der Waals surface area contributed by atoms with E-state index < -0.39 is 10.8 Å². The molecule has 0 saturated heterocycles. The minimum atomic E-state index is -0.734. The molecule has 6 nitrogen and oxygen atoms in total. The summed E-state index contributed by atoms with van der Waals surface area (Å²) in [4.78, 5) is 29.2. The van der Waals surface area contributed by atoms with Crippen LogP contribution in [0.3, 0.4) is 0 Å². The van der Waals surface area contributed by atoms with Crippen molar-refractivity contribution in [3.05, 3.63) is 0 Å². The second-order valence-corrected chi connectivity index (χ2v) is 7.88. The van der Waals surface area contributed by atoms with Gasteiger partial charge in [-0.25, -0.2) is 4.79 Å². The van der Waals surface area contributed by atoms with Crippen molar-refractivity contribution in [3.8, 4) is 0 Å². The Hall–Kier alpha value is -1.15. The van der Waals surface area contributed by atoms with E-state index in [0.717, 1.165) is 11.9 Å². The molecular formula is C13H23N3O3S2. The number of Topliss-reactive ketones (excluding diaryl/α,β-unsaturated/α-hetero) is 1. The van der Waals surface area contributed by atoms with Gasteiger partial charge in [0.15, 0.2) is 5.78 Å². The Morgan fingerprint density at radius 1 is 1.43 bits per heavy atom. The standard InChI is InChI=1S/C13H23N3O3S2/c1-8(2)11(17)13(4,5)21-16(6)12(18)19-15-10(14)7-9(3)20/h8H,7H2,1-6H3,(H2,14,15). The van der Waals surface area contributed by atoms with E-state index >= 15 is 0 Å². The molecule has 0 saturated carbocycles. The summed E-state index contributed by atoms with van der Waals surface area (Å²) in [5.41, 5.74) is 5.54. The highest BCUT2D eigenvalue weighted by Crippen LogP contribution is 2.30. The summed E-state index contributed by atoms with van der Waals surface area (Å²) in [6.07, 6.45) is -0.411. The molecule has 0 aromatic heterocycles. The van der Waals surface area contributed by atoms with Crippen LogP contribution in [0.1, 0.15) is 41.0 Å². The Kier molecular flexibility index (Phi) is 7.87. The fourth-order valence-corrected chi connectivity index (χ4v) is 2.83. The zero-order chi connectivity index (χ0) is 16.8. The Morgan fingerprint density at radius 2 is 1.95 bits per heavy atom. The lowest BCUT2D eigenvalue weighted by Crippen LogP contribution is -2.36. The zero-order valence-electron chi connectivity index (χ0n) is 13.3. The van der Waals surface area contributed by atoms with Crippen LogP contribution >= 0.6 is 24.2 Å². The van der Waals surface area contributed by atoms with Crippen LogP contribution in [0, 0.1) is 5.92 Å². The van der Waals surface area contributed by atoms with Crippen LogP contribution in [0.15, 0.2) is 5.16 Å². The lowest BCUT2D eigenvalue weighted by molar-refractivity contribution is -0.123. The van der Waals surface area contributed by atoms with Gasteiger partial charge in [0.2, 0.25) is 0 Å². The number of nitrogens with zero attached hydrogens (tertiary/aromatic N) is 2. The molecule has 0 bridgehead atoms. The molecule has 0 unspecified atom stereocenters. The van der Waals surface area contributed by atoms with Gasteiger partial charge in [-0.05, 0) is 37.6 Å². The number of oxime groups is 1. The van der Waals surface area contributed by atoms with Crippen LogP contribution in [0.25, 0.3) is 0 Å². The highest BCUT2D eigenvalue weighted by Gasteiger charge is 2.33. The Bertz CT molecular complexity index is 448. The number of thiocarbonyl (C=S) groups is 1. The fraction of sp³-hybridized carbons (Fsp3) is 0.692. The van der Waals surface area contributed by atoms with Crippen molar-refractivity contribution >= 4 is 46.7 Å². The van der Waals surface area contributed by atoms with E-state index in [-0.39, 0.29) is 24.0 Å². The van der Waals surface area contributed by atoms with E-state index in [1.54, 1.807) is 20.8 Å². The maximum Gasteiger partial charge on any atom is 0.445 e. The van der Waals surface area contributed by atoms with Gasteiger partial charge in [0, 0.05) is 19.4 Å². The number of amidine groups is 1. The Balaban J connectivity index is 4.59. The van der Waals surface area contributed by atoms with Crippen molar-refractivity contribution in [1.82, 2.24) is 4.31 Å². The van der Waals surface area contributed by atoms with Gasteiger partial charge in [-0.15, -0.1) is 0 Å². The first-order valence-electron chi connectivity index (χ1n) is 6.47. The second kappa shape index (κ2) is 8.33. The van der Waals surface area contributed by atoms with Crippen LogP contribution in [-0.4, -0.2) is 38.7 Å². The van der Waals surface area contributed by atoms with E-state index in [0.29, 0.717) is 4.86 Å². The molecular weight excluding hydrogens is 310 g/mol. The molecule has 8 heteroatoms. The summed E-state index contributed by atoms with van der Waals surface area (Å²) < 4.78 is 0.490. The molecule has 0 heterocycles. The average molecular weight is 333 g/mol. The van der Waals surface area contributed by atoms with Crippen LogP contribution in [0.2, 0.25) is 0 Å². The maximum atomic E-state index is 12.0. The number of hydrogen-bond acceptors (Lipinski definition) is 6. The quantitative estimate of drug-likeness (QED) is 0.193. The number of carbonyl (C=O) groups excluding carboxylic acids is 2. The van der Waals surface area contributed by atoms with Gasteiger partial charge in [-0.2, -0.15) is 0 Å². The normalized spacial score (nSPS) is 12.2. The Morgan fingerprint density at radius 3 is 2.38 bits per heavy atom. The molecule has 0 aromatic rings. The van der Waals surface area contributed by atoms with E-state index in [1.807, 2.05) is 13.8 Å². The third kappa shape index (κ3) is 7.42. The number of carbonyl (C=O) groups is 2. The van der Waals surface area contributed by atoms with Crippen LogP contribution in [-0.2, 0) is 9.63 Å². The largest absolute Gasteiger partial charge is 0.445 e. The molecule has 1 amide bonds. The zero-order valence-corrected chi connectivity index (χ0v) is 14.9. The average Bonchev–Trinajstić information content (AvgIpc) is 2.33. The first kappa shape index (κ1) is 19.9. The van der Waals surface area contributed by atoms with Crippen LogP contribution in [0.4, 0.5) is 4.79 Å². The minimum absolute atomic E-state index is 0.0477. The SMILES string of the molecule is CC(=S)CC(N)=NOC(=O)N(C)SC(C)(C)C(=O)C(C)C. The number of ketones is 1. The molecule has 0 aliphatic rings. The van der Waals surface area contributed by atoms with Crippen molar-refractivity contribution in [2.45, 2.75) is 45.8 Å². The predicted molar refractivity (Wildman–Crippen MR) is 90.3 cm³/mol. The molecule has 0 aromatic carbocycles. The summed E-state index contributed by atoms with van der Waals surface area (Å²) in [5, 5.41) is 3.51. The van der Waals surface area contributed by atoms with E-state index in [4.69, 9.17) is 22.8 Å². The van der Waals surface area contributed by atoms with Crippen molar-refractivity contribution in [2.24, 2.45) is 16.8 Å². The lowest BCUT2D eigenvalue weighted by atomic mass is 9.98. The molecule has 2 N–H and O–H groups in total. The monoisotopic (exact) mass is 333 g/mol. The van der Waals surface area contributed by atoms with Gasteiger partial charge in [-0.3, -0.25) is 13.9 Å². The molecule has 0 spiro atoms. The molecule has 0 aliphatic heterocycles. The molecule has 0 fully saturated rings. The third-order valence-corrected chi connectivity index (χ3v) is 3.64. The molecule has 0 rings (SSSR count). The summed E-state index contributed by atoms with van der Waals surface area (Å²) in [6, 6.07) is 0. The number of rotatable bonds is 7. The highest BCUT2D eigenvalue weighted by atomic mass is 32.2. The summed E-state index contributed by atoms with van der Waals surface area (Å²) >= 11 is 5.96. The smallest absolute Gasteiger partial charge is 0.384 e. The highest BCUT2D eigenvalue weighted by molar-refractivity contribution is 7.99. The van der Waals surface area contributed by atoms with Gasteiger partial charge < -0.3 is 5.73 Å². The van der Waals surface area contributed by atoms with E-state index in [2.05, 4.69) is 5.16 Å². The van der Waals surface area contributed by atoms with Crippen molar-refractivity contribution in [3.63, 3.8) is 0 Å². The minimum Gasteiger partial charge on any atom is -0.384 e. The summed E-state index contributed by atoms with van der Waals surface area (Å²) in [7, 11) is 1.51. The molecule has 0 radical (unpaired) electrons. The predicted octanol–water partition coefficient (Wildman–Crippen LogP) is 2.76. The fourth-order valence-electron chi connectivity index (χ4n) is 1.56. The Labute approximate surface area is 135 Å². The van der Waals surface area contributed by atoms with Gasteiger partial charge in [-0.1, -0.05) is 31.2 Å². The van der Waals surface area contributed by atoms with Crippen LogP contribution in [0.5, 0.6) is 0 Å². The van der Waals surface area contributed by atoms with Gasteiger partial charge in [0.25, 0.3) is 0 Å². The van der Waals surface area contributed by atoms with Gasteiger partial charge in [0.05, 0.1) is 4.75 Å². The van der Waals surface area contributed by atoms with Crippen molar-refractivity contribution in [2.75, 3.05) is 7.05 Å². The third-order valence-electron chi connectivity index (χ3n) is 2.41. The van der Waals surface area contributed by atoms with E-state index in [1.165, 1.54) is 11.4 Å². The number of hydrogen-bond donors (Lipinski definition) is 1. The van der Waals surface area contributed by atoms with E-state index in [9.17, 15) is 9.59 Å². The van der Waals surface area contributed by atoms with Gasteiger partial charge in [0.1, 0.15) is 5.84 Å². The maximum absolute atomic E-state index is 12.0. The summed E-state index contributed by atoms with van der Waals surface area (Å²) in [5.74, 6) is 0.0643. The second-order valence-electron chi connectivity index (χ2n) is 5.44. The first-order chi connectivity index (χ1) is 9.47. The number of nitrogens with two attached hydrogens (primary N) is 1. The topological polar surface area (TPSA) is 85.0 Å². The molecule has 120 valence electrons. The number of amides is 1. The summed E-state index contributed by atoms with van der Waals surface area (Å²) in [6.45, 7) is 8.89. The van der Waals surface area contributed by atoms with Crippen molar-refractivity contribution < 1.29 is 14.4 Å². The van der Waals surface area contributed by atoms with Crippen molar-refractivity contribution in [1.29, 1.82) is 0 Å². The molecule has 0 aliphatic carbocycles.